The topological polar surface area (TPSA) is 119 Å². The summed E-state index contributed by atoms with van der Waals surface area (Å²) in [5.41, 5.74) is 2.41. The number of rotatable bonds is 6. The van der Waals surface area contributed by atoms with E-state index in [-0.39, 0.29) is 23.1 Å². The van der Waals surface area contributed by atoms with Crippen LogP contribution in [-0.2, 0) is 6.42 Å². The van der Waals surface area contributed by atoms with E-state index in [1.807, 2.05) is 12.1 Å². The van der Waals surface area contributed by atoms with Gasteiger partial charge in [-0.15, -0.1) is 11.3 Å². The van der Waals surface area contributed by atoms with Crippen LogP contribution in [0.5, 0.6) is 0 Å². The molecule has 2 aromatic rings. The number of halogens is 1. The Bertz CT molecular complexity index is 662. The number of aromatic nitrogens is 2. The second kappa shape index (κ2) is 6.78. The predicted molar refractivity (Wildman–Crippen MR) is 85.4 cm³/mol. The van der Waals surface area contributed by atoms with E-state index < -0.39 is 4.92 Å². The van der Waals surface area contributed by atoms with Crippen molar-refractivity contribution in [1.82, 2.24) is 9.97 Å². The Kier molecular flexibility index (Phi) is 5.04. The lowest BCUT2D eigenvalue weighted by atomic mass is 10.3. The maximum Gasteiger partial charge on any atom is 0.332 e. The second-order valence-electron chi connectivity index (χ2n) is 4.11. The number of nitrogens with two attached hydrogens (primary N) is 1. The van der Waals surface area contributed by atoms with E-state index in [4.69, 9.17) is 5.84 Å². The molecule has 0 spiro atoms. The Balaban J connectivity index is 2.14. The molecule has 0 amide bonds. The van der Waals surface area contributed by atoms with Crippen molar-refractivity contribution in [3.05, 3.63) is 36.6 Å². The highest BCUT2D eigenvalue weighted by molar-refractivity contribution is 9.11. The van der Waals surface area contributed by atoms with E-state index in [1.54, 1.807) is 18.3 Å². The maximum atomic E-state index is 11.1. The molecular formula is C11H13BrN6O2S. The Morgan fingerprint density at radius 1 is 1.48 bits per heavy atom. The van der Waals surface area contributed by atoms with Gasteiger partial charge in [0.15, 0.2) is 0 Å². The van der Waals surface area contributed by atoms with Crippen molar-refractivity contribution >= 4 is 44.7 Å². The summed E-state index contributed by atoms with van der Waals surface area (Å²) in [6.45, 7) is 2.07. The number of hydrogen-bond donors (Lipinski definition) is 3. The lowest BCUT2D eigenvalue weighted by molar-refractivity contribution is -0.385. The van der Waals surface area contributed by atoms with Gasteiger partial charge < -0.3 is 5.32 Å². The molecule has 0 aliphatic rings. The van der Waals surface area contributed by atoms with E-state index in [0.717, 1.165) is 10.2 Å². The molecule has 4 N–H and O–H groups in total. The molecule has 0 fully saturated rings. The fourth-order valence-corrected chi connectivity index (χ4v) is 3.25. The van der Waals surface area contributed by atoms with Crippen molar-refractivity contribution in [1.29, 1.82) is 0 Å². The minimum absolute atomic E-state index is 0.138. The van der Waals surface area contributed by atoms with Crippen molar-refractivity contribution < 1.29 is 4.92 Å². The van der Waals surface area contributed by atoms with Gasteiger partial charge in [-0.25, -0.2) is 10.8 Å². The summed E-state index contributed by atoms with van der Waals surface area (Å²) in [4.78, 5) is 19.7. The van der Waals surface area contributed by atoms with Crippen LogP contribution in [0.4, 0.5) is 17.5 Å². The van der Waals surface area contributed by atoms with Gasteiger partial charge in [-0.2, -0.15) is 4.98 Å². The van der Waals surface area contributed by atoms with Crippen molar-refractivity contribution in [2.75, 3.05) is 17.3 Å². The van der Waals surface area contributed by atoms with E-state index in [0.29, 0.717) is 6.54 Å². The number of nitrogen functional groups attached to an aromatic ring is 1. The Morgan fingerprint density at radius 3 is 2.81 bits per heavy atom. The van der Waals surface area contributed by atoms with Crippen LogP contribution in [0.2, 0.25) is 0 Å². The minimum atomic E-state index is -0.500. The van der Waals surface area contributed by atoms with E-state index in [9.17, 15) is 10.1 Å². The molecule has 0 aliphatic heterocycles. The molecule has 21 heavy (non-hydrogen) atoms. The molecule has 10 heteroatoms. The van der Waals surface area contributed by atoms with Gasteiger partial charge >= 0.3 is 5.69 Å². The highest BCUT2D eigenvalue weighted by Crippen LogP contribution is 2.27. The third-order valence-corrected chi connectivity index (χ3v) is 4.35. The molecule has 0 aliphatic carbocycles. The van der Waals surface area contributed by atoms with Crippen molar-refractivity contribution in [3.8, 4) is 0 Å². The van der Waals surface area contributed by atoms with Crippen LogP contribution in [0, 0.1) is 17.0 Å². The van der Waals surface area contributed by atoms with E-state index in [1.165, 1.54) is 4.88 Å². The molecule has 2 aromatic heterocycles. The van der Waals surface area contributed by atoms with Crippen LogP contribution in [0.15, 0.2) is 15.9 Å². The largest absolute Gasteiger partial charge is 0.364 e. The predicted octanol–water partition coefficient (Wildman–Crippen LogP) is 2.46. The zero-order valence-corrected chi connectivity index (χ0v) is 13.5. The van der Waals surface area contributed by atoms with Crippen LogP contribution in [-0.4, -0.2) is 21.4 Å². The molecular weight excluding hydrogens is 360 g/mol. The van der Waals surface area contributed by atoms with Crippen LogP contribution in [0.25, 0.3) is 0 Å². The van der Waals surface area contributed by atoms with Gasteiger partial charge in [0, 0.05) is 11.4 Å². The first-order valence-corrected chi connectivity index (χ1v) is 7.60. The minimum Gasteiger partial charge on any atom is -0.364 e. The number of anilines is 2. The second-order valence-corrected chi connectivity index (χ2v) is 6.66. The highest BCUT2D eigenvalue weighted by atomic mass is 79.9. The van der Waals surface area contributed by atoms with E-state index >= 15 is 0 Å². The number of nitrogens with zero attached hydrogens (tertiary/aromatic N) is 3. The fourth-order valence-electron chi connectivity index (χ4n) is 1.76. The third-order valence-electron chi connectivity index (χ3n) is 2.66. The van der Waals surface area contributed by atoms with Gasteiger partial charge in [-0.1, -0.05) is 0 Å². The Hall–Kier alpha value is -1.78. The SMILES string of the molecule is Cc1nc(NN)nc(NCCc2ccc(Br)s2)c1[N+](=O)[O-]. The molecule has 0 radical (unpaired) electrons. The lowest BCUT2D eigenvalue weighted by Crippen LogP contribution is -2.15. The number of aryl methyl sites for hydroxylation is 1. The van der Waals surface area contributed by atoms with E-state index in [2.05, 4.69) is 36.6 Å². The Morgan fingerprint density at radius 2 is 2.24 bits per heavy atom. The maximum absolute atomic E-state index is 11.1. The summed E-state index contributed by atoms with van der Waals surface area (Å²) in [6.07, 6.45) is 0.738. The molecule has 8 nitrogen and oxygen atoms in total. The summed E-state index contributed by atoms with van der Waals surface area (Å²) >= 11 is 5.02. The first-order valence-electron chi connectivity index (χ1n) is 5.99. The monoisotopic (exact) mass is 372 g/mol. The first-order chi connectivity index (χ1) is 10.0. The standard InChI is InChI=1S/C11H13BrN6O2S/c1-6-9(18(19)20)10(16-11(15-6)17-13)14-5-4-7-2-3-8(12)21-7/h2-3H,4-5,13H2,1H3,(H2,14,15,16,17). The lowest BCUT2D eigenvalue weighted by Gasteiger charge is -2.08. The molecule has 0 aromatic carbocycles. The van der Waals surface area contributed by atoms with Crippen LogP contribution < -0.4 is 16.6 Å². The zero-order chi connectivity index (χ0) is 15.4. The number of nitrogens with one attached hydrogen (secondary N) is 2. The summed E-state index contributed by atoms with van der Waals surface area (Å²) in [5.74, 6) is 5.56. The van der Waals surface area contributed by atoms with Crippen molar-refractivity contribution in [3.63, 3.8) is 0 Å². The third kappa shape index (κ3) is 3.86. The molecule has 2 rings (SSSR count). The number of hydrazine groups is 1. The molecule has 0 bridgehead atoms. The van der Waals surface area contributed by atoms with Gasteiger partial charge in [-0.3, -0.25) is 15.5 Å². The summed E-state index contributed by atoms with van der Waals surface area (Å²) < 4.78 is 1.05. The first kappa shape index (κ1) is 15.6. The zero-order valence-electron chi connectivity index (χ0n) is 11.1. The van der Waals surface area contributed by atoms with Gasteiger partial charge in [0.1, 0.15) is 5.69 Å². The molecule has 0 saturated carbocycles. The fraction of sp³-hybridized carbons (Fsp3) is 0.273. The Labute approximate surface area is 133 Å². The van der Waals surface area contributed by atoms with Crippen LogP contribution in [0.3, 0.4) is 0 Å². The van der Waals surface area contributed by atoms with Gasteiger partial charge in [0.2, 0.25) is 11.8 Å². The smallest absolute Gasteiger partial charge is 0.332 e. The number of nitro groups is 1. The van der Waals surface area contributed by atoms with Crippen LogP contribution >= 0.6 is 27.3 Å². The van der Waals surface area contributed by atoms with Gasteiger partial charge in [-0.05, 0) is 41.4 Å². The summed E-state index contributed by atoms with van der Waals surface area (Å²) in [5, 5.41) is 14.1. The van der Waals surface area contributed by atoms with Gasteiger partial charge in [0.05, 0.1) is 8.71 Å². The highest BCUT2D eigenvalue weighted by Gasteiger charge is 2.21. The molecule has 0 unspecified atom stereocenters. The van der Waals surface area contributed by atoms with Crippen LogP contribution in [0.1, 0.15) is 10.6 Å². The molecule has 0 atom stereocenters. The normalized spacial score (nSPS) is 10.4. The number of thiophene rings is 1. The average Bonchev–Trinajstić information content (AvgIpc) is 2.83. The summed E-state index contributed by atoms with van der Waals surface area (Å²) in [7, 11) is 0. The quantitative estimate of drug-likeness (QED) is 0.404. The summed E-state index contributed by atoms with van der Waals surface area (Å²) in [6, 6.07) is 3.97. The van der Waals surface area contributed by atoms with Gasteiger partial charge in [0.25, 0.3) is 0 Å². The molecule has 2 heterocycles. The average molecular weight is 373 g/mol. The molecule has 112 valence electrons. The van der Waals surface area contributed by atoms with Crippen molar-refractivity contribution in [2.24, 2.45) is 5.84 Å². The molecule has 0 saturated heterocycles. The number of hydrogen-bond acceptors (Lipinski definition) is 8. The van der Waals surface area contributed by atoms with Crippen molar-refractivity contribution in [2.45, 2.75) is 13.3 Å².